The van der Waals surface area contributed by atoms with Crippen molar-refractivity contribution < 1.29 is 4.39 Å². The van der Waals surface area contributed by atoms with E-state index in [2.05, 4.69) is 29.1 Å². The highest BCUT2D eigenvalue weighted by atomic mass is 32.1. The van der Waals surface area contributed by atoms with Gasteiger partial charge in [-0.25, -0.2) is 9.37 Å². The second-order valence-corrected chi connectivity index (χ2v) is 5.06. The Hall–Kier alpha value is -1.49. The molecule has 0 aliphatic rings. The van der Waals surface area contributed by atoms with Crippen LogP contribution in [0.15, 0.2) is 23.8 Å². The van der Waals surface area contributed by atoms with Crippen LogP contribution >= 0.6 is 11.3 Å². The number of thiazole rings is 1. The number of hydrogen-bond acceptors (Lipinski definition) is 4. The second-order valence-electron chi connectivity index (χ2n) is 4.20. The highest BCUT2D eigenvalue weighted by Crippen LogP contribution is 2.24. The Balaban J connectivity index is 2.12. The van der Waals surface area contributed by atoms with Crippen LogP contribution in [0.1, 0.15) is 13.8 Å². The van der Waals surface area contributed by atoms with Crippen molar-refractivity contribution in [3.8, 4) is 11.3 Å². The quantitative estimate of drug-likeness (QED) is 0.904. The Bertz CT molecular complexity index is 496. The topological polar surface area (TPSA) is 37.8 Å². The van der Waals surface area contributed by atoms with Gasteiger partial charge in [0.25, 0.3) is 0 Å². The van der Waals surface area contributed by atoms with Gasteiger partial charge in [0.1, 0.15) is 5.82 Å². The largest absolute Gasteiger partial charge is 0.361 e. The van der Waals surface area contributed by atoms with E-state index in [1.807, 2.05) is 5.38 Å². The molecule has 2 heterocycles. The van der Waals surface area contributed by atoms with E-state index in [0.717, 1.165) is 17.4 Å². The first-order valence-electron chi connectivity index (χ1n) is 5.45. The zero-order valence-electron chi connectivity index (χ0n) is 9.77. The molecule has 0 bridgehead atoms. The lowest BCUT2D eigenvalue weighted by Crippen LogP contribution is -2.07. The van der Waals surface area contributed by atoms with Crippen molar-refractivity contribution in [2.75, 3.05) is 11.9 Å². The number of nitrogens with zero attached hydrogens (tertiary/aromatic N) is 2. The van der Waals surface area contributed by atoms with E-state index in [1.54, 1.807) is 6.20 Å². The second kappa shape index (κ2) is 5.23. The Labute approximate surface area is 104 Å². The van der Waals surface area contributed by atoms with E-state index in [-0.39, 0.29) is 5.82 Å². The van der Waals surface area contributed by atoms with Crippen molar-refractivity contribution in [3.63, 3.8) is 0 Å². The van der Waals surface area contributed by atoms with E-state index < -0.39 is 0 Å². The van der Waals surface area contributed by atoms with Crippen LogP contribution in [-0.4, -0.2) is 16.5 Å². The van der Waals surface area contributed by atoms with Crippen molar-refractivity contribution in [1.29, 1.82) is 0 Å². The van der Waals surface area contributed by atoms with Crippen LogP contribution in [0.5, 0.6) is 0 Å². The molecule has 0 unspecified atom stereocenters. The molecule has 17 heavy (non-hydrogen) atoms. The third-order valence-corrected chi connectivity index (χ3v) is 2.97. The molecule has 0 atom stereocenters. The lowest BCUT2D eigenvalue weighted by atomic mass is 10.2. The zero-order valence-corrected chi connectivity index (χ0v) is 10.6. The third-order valence-electron chi connectivity index (χ3n) is 2.17. The molecule has 5 heteroatoms. The standard InChI is InChI=1S/C12H14FN3S/c1-8(2)4-15-12-16-11(7-17-12)9-3-10(13)6-14-5-9/h3,5-8H,4H2,1-2H3,(H,15,16). The summed E-state index contributed by atoms with van der Waals surface area (Å²) in [5, 5.41) is 6.00. The van der Waals surface area contributed by atoms with Crippen LogP contribution in [0, 0.1) is 11.7 Å². The predicted octanol–water partition coefficient (Wildman–Crippen LogP) is 3.41. The number of halogens is 1. The van der Waals surface area contributed by atoms with Gasteiger partial charge in [-0.2, -0.15) is 0 Å². The smallest absolute Gasteiger partial charge is 0.183 e. The van der Waals surface area contributed by atoms with Gasteiger partial charge in [0.05, 0.1) is 11.9 Å². The summed E-state index contributed by atoms with van der Waals surface area (Å²) >= 11 is 1.52. The highest BCUT2D eigenvalue weighted by molar-refractivity contribution is 7.14. The maximum absolute atomic E-state index is 13.0. The molecule has 0 saturated heterocycles. The van der Waals surface area contributed by atoms with Gasteiger partial charge in [-0.05, 0) is 12.0 Å². The monoisotopic (exact) mass is 251 g/mol. The van der Waals surface area contributed by atoms with Gasteiger partial charge >= 0.3 is 0 Å². The Kier molecular flexibility index (Phi) is 3.68. The molecule has 3 nitrogen and oxygen atoms in total. The van der Waals surface area contributed by atoms with Gasteiger partial charge in [0.15, 0.2) is 5.13 Å². The summed E-state index contributed by atoms with van der Waals surface area (Å²) in [7, 11) is 0. The van der Waals surface area contributed by atoms with Gasteiger partial charge in [-0.3, -0.25) is 4.98 Å². The summed E-state index contributed by atoms with van der Waals surface area (Å²) in [6, 6.07) is 1.44. The number of anilines is 1. The Morgan fingerprint density at radius 1 is 1.41 bits per heavy atom. The van der Waals surface area contributed by atoms with Crippen molar-refractivity contribution in [2.24, 2.45) is 5.92 Å². The molecule has 2 aromatic heterocycles. The molecule has 90 valence electrons. The van der Waals surface area contributed by atoms with Crippen LogP contribution in [0.2, 0.25) is 0 Å². The van der Waals surface area contributed by atoms with Crippen molar-refractivity contribution in [3.05, 3.63) is 29.7 Å². The highest BCUT2D eigenvalue weighted by Gasteiger charge is 2.06. The van der Waals surface area contributed by atoms with E-state index in [1.165, 1.54) is 23.6 Å². The van der Waals surface area contributed by atoms with E-state index in [0.29, 0.717) is 11.5 Å². The molecule has 0 aromatic carbocycles. The molecule has 0 aliphatic heterocycles. The van der Waals surface area contributed by atoms with E-state index in [4.69, 9.17) is 0 Å². The molecule has 0 aliphatic carbocycles. The number of hydrogen-bond donors (Lipinski definition) is 1. The number of aromatic nitrogens is 2. The molecule has 0 fully saturated rings. The Morgan fingerprint density at radius 3 is 2.94 bits per heavy atom. The summed E-state index contributed by atoms with van der Waals surface area (Å²) in [6.07, 6.45) is 2.80. The van der Waals surface area contributed by atoms with Crippen LogP contribution in [0.25, 0.3) is 11.3 Å². The van der Waals surface area contributed by atoms with Gasteiger partial charge in [-0.1, -0.05) is 13.8 Å². The summed E-state index contributed by atoms with van der Waals surface area (Å²) in [4.78, 5) is 8.21. The number of pyridine rings is 1. The van der Waals surface area contributed by atoms with Crippen LogP contribution < -0.4 is 5.32 Å². The van der Waals surface area contributed by atoms with Gasteiger partial charge in [0, 0.05) is 23.7 Å². The molecule has 0 spiro atoms. The SMILES string of the molecule is CC(C)CNc1nc(-c2cncc(F)c2)cs1. The first kappa shape index (κ1) is 12.0. The normalized spacial score (nSPS) is 10.8. The van der Waals surface area contributed by atoms with Crippen LogP contribution in [0.4, 0.5) is 9.52 Å². The fraction of sp³-hybridized carbons (Fsp3) is 0.333. The number of rotatable bonds is 4. The summed E-state index contributed by atoms with van der Waals surface area (Å²) in [6.45, 7) is 5.16. The van der Waals surface area contributed by atoms with Crippen molar-refractivity contribution in [1.82, 2.24) is 9.97 Å². The van der Waals surface area contributed by atoms with E-state index >= 15 is 0 Å². The minimum absolute atomic E-state index is 0.341. The van der Waals surface area contributed by atoms with Crippen LogP contribution in [-0.2, 0) is 0 Å². The van der Waals surface area contributed by atoms with Gasteiger partial charge in [0.2, 0.25) is 0 Å². The minimum Gasteiger partial charge on any atom is -0.361 e. The lowest BCUT2D eigenvalue weighted by molar-refractivity contribution is 0.622. The molecular weight excluding hydrogens is 237 g/mol. The third kappa shape index (κ3) is 3.23. The summed E-state index contributed by atoms with van der Waals surface area (Å²) < 4.78 is 13.0. The summed E-state index contributed by atoms with van der Waals surface area (Å²) in [5.74, 6) is 0.227. The lowest BCUT2D eigenvalue weighted by Gasteiger charge is -2.04. The first-order chi connectivity index (χ1) is 8.15. The fourth-order valence-corrected chi connectivity index (χ4v) is 2.06. The molecular formula is C12H14FN3S. The Morgan fingerprint density at radius 2 is 2.24 bits per heavy atom. The minimum atomic E-state index is -0.341. The number of nitrogens with one attached hydrogen (secondary N) is 1. The van der Waals surface area contributed by atoms with E-state index in [9.17, 15) is 4.39 Å². The molecule has 2 rings (SSSR count). The summed E-state index contributed by atoms with van der Waals surface area (Å²) in [5.41, 5.74) is 1.46. The maximum Gasteiger partial charge on any atom is 0.183 e. The fourth-order valence-electron chi connectivity index (χ4n) is 1.33. The zero-order chi connectivity index (χ0) is 12.3. The van der Waals surface area contributed by atoms with Gasteiger partial charge < -0.3 is 5.32 Å². The average molecular weight is 251 g/mol. The molecule has 1 N–H and O–H groups in total. The van der Waals surface area contributed by atoms with Crippen molar-refractivity contribution >= 4 is 16.5 Å². The van der Waals surface area contributed by atoms with Crippen LogP contribution in [0.3, 0.4) is 0 Å². The maximum atomic E-state index is 13.0. The van der Waals surface area contributed by atoms with Crippen molar-refractivity contribution in [2.45, 2.75) is 13.8 Å². The average Bonchev–Trinajstić information content (AvgIpc) is 2.75. The first-order valence-corrected chi connectivity index (χ1v) is 6.33. The predicted molar refractivity (Wildman–Crippen MR) is 68.6 cm³/mol. The molecule has 0 radical (unpaired) electrons. The van der Waals surface area contributed by atoms with Gasteiger partial charge in [-0.15, -0.1) is 11.3 Å². The molecule has 0 amide bonds. The molecule has 0 saturated carbocycles. The molecule has 2 aromatic rings.